The van der Waals surface area contributed by atoms with E-state index >= 15 is 0 Å². The lowest BCUT2D eigenvalue weighted by atomic mass is 10.1. The standard InChI is InChI=1S/C24H26N4O2/c1-18-5-10-22(29-14-13-27(2)3)15-20(18)16-24-25-17-23(30-24)19-6-8-21(9-7-19)28-12-4-11-26-28/h4-12,15,17H,13-14,16H2,1-3H3. The van der Waals surface area contributed by atoms with Crippen LogP contribution >= 0.6 is 0 Å². The zero-order chi connectivity index (χ0) is 20.9. The second-order valence-electron chi connectivity index (χ2n) is 7.53. The Morgan fingerprint density at radius 2 is 1.93 bits per heavy atom. The summed E-state index contributed by atoms with van der Waals surface area (Å²) in [4.78, 5) is 6.59. The third-order valence-corrected chi connectivity index (χ3v) is 4.94. The smallest absolute Gasteiger partial charge is 0.199 e. The number of aryl methyl sites for hydroxylation is 1. The van der Waals surface area contributed by atoms with Gasteiger partial charge in [-0.3, -0.25) is 0 Å². The van der Waals surface area contributed by atoms with Crippen LogP contribution in [0.5, 0.6) is 5.75 Å². The summed E-state index contributed by atoms with van der Waals surface area (Å²) in [6, 6.07) is 16.1. The zero-order valence-corrected chi connectivity index (χ0v) is 17.6. The molecule has 0 spiro atoms. The van der Waals surface area contributed by atoms with E-state index in [-0.39, 0.29) is 0 Å². The lowest BCUT2D eigenvalue weighted by molar-refractivity contribution is 0.261. The van der Waals surface area contributed by atoms with Crippen LogP contribution in [0.4, 0.5) is 0 Å². The van der Waals surface area contributed by atoms with E-state index in [1.807, 2.05) is 61.4 Å². The van der Waals surface area contributed by atoms with Crippen LogP contribution in [0.1, 0.15) is 17.0 Å². The molecule has 0 unspecified atom stereocenters. The lowest BCUT2D eigenvalue weighted by Gasteiger charge is -2.12. The predicted octanol–water partition coefficient (Wildman–Crippen LogP) is 4.37. The first-order valence-electron chi connectivity index (χ1n) is 10.0. The van der Waals surface area contributed by atoms with Gasteiger partial charge in [0.2, 0.25) is 0 Å². The van der Waals surface area contributed by atoms with Crippen molar-refractivity contribution in [1.29, 1.82) is 0 Å². The minimum atomic E-state index is 0.627. The second-order valence-corrected chi connectivity index (χ2v) is 7.53. The molecule has 0 fully saturated rings. The van der Waals surface area contributed by atoms with Gasteiger partial charge in [0.1, 0.15) is 12.4 Å². The van der Waals surface area contributed by atoms with Crippen molar-refractivity contribution in [2.24, 2.45) is 0 Å². The van der Waals surface area contributed by atoms with Gasteiger partial charge in [-0.2, -0.15) is 5.10 Å². The van der Waals surface area contributed by atoms with Gasteiger partial charge in [-0.25, -0.2) is 9.67 Å². The van der Waals surface area contributed by atoms with Gasteiger partial charge in [-0.15, -0.1) is 0 Å². The first-order chi connectivity index (χ1) is 14.6. The van der Waals surface area contributed by atoms with Gasteiger partial charge >= 0.3 is 0 Å². The Balaban J connectivity index is 1.45. The van der Waals surface area contributed by atoms with Gasteiger partial charge in [0.05, 0.1) is 11.9 Å². The molecule has 0 atom stereocenters. The number of oxazole rings is 1. The minimum absolute atomic E-state index is 0.627. The third-order valence-electron chi connectivity index (χ3n) is 4.94. The zero-order valence-electron chi connectivity index (χ0n) is 17.6. The van der Waals surface area contributed by atoms with Crippen LogP contribution in [0.3, 0.4) is 0 Å². The van der Waals surface area contributed by atoms with Crippen LogP contribution in [0.2, 0.25) is 0 Å². The lowest BCUT2D eigenvalue weighted by Crippen LogP contribution is -2.19. The first kappa shape index (κ1) is 19.9. The molecule has 4 rings (SSSR count). The quantitative estimate of drug-likeness (QED) is 0.438. The highest BCUT2D eigenvalue weighted by Gasteiger charge is 2.10. The van der Waals surface area contributed by atoms with Gasteiger partial charge in [0.25, 0.3) is 0 Å². The summed E-state index contributed by atoms with van der Waals surface area (Å²) in [7, 11) is 4.07. The maximum absolute atomic E-state index is 6.03. The van der Waals surface area contributed by atoms with Gasteiger partial charge in [-0.05, 0) is 74.6 Å². The molecule has 2 aromatic heterocycles. The molecule has 2 aromatic carbocycles. The number of hydrogen-bond acceptors (Lipinski definition) is 5. The van der Waals surface area contributed by atoms with Gasteiger partial charge < -0.3 is 14.1 Å². The van der Waals surface area contributed by atoms with E-state index in [9.17, 15) is 0 Å². The van der Waals surface area contributed by atoms with E-state index in [4.69, 9.17) is 9.15 Å². The van der Waals surface area contributed by atoms with Crippen LogP contribution in [-0.4, -0.2) is 46.9 Å². The van der Waals surface area contributed by atoms with E-state index in [0.29, 0.717) is 18.9 Å². The second kappa shape index (κ2) is 8.97. The average Bonchev–Trinajstić information content (AvgIpc) is 3.43. The minimum Gasteiger partial charge on any atom is -0.492 e. The molecular formula is C24H26N4O2. The van der Waals surface area contributed by atoms with E-state index in [2.05, 4.69) is 34.0 Å². The fourth-order valence-electron chi connectivity index (χ4n) is 3.16. The number of hydrogen-bond donors (Lipinski definition) is 0. The number of benzene rings is 2. The molecule has 0 aliphatic heterocycles. The molecule has 0 saturated heterocycles. The Labute approximate surface area is 176 Å². The Morgan fingerprint density at radius 1 is 1.10 bits per heavy atom. The predicted molar refractivity (Wildman–Crippen MR) is 117 cm³/mol. The Morgan fingerprint density at radius 3 is 2.67 bits per heavy atom. The van der Waals surface area contributed by atoms with Crippen molar-refractivity contribution in [3.63, 3.8) is 0 Å². The fraction of sp³-hybridized carbons (Fsp3) is 0.250. The number of rotatable bonds is 8. The third kappa shape index (κ3) is 4.78. The number of likely N-dealkylation sites (N-methyl/N-ethyl adjacent to an activating group) is 1. The summed E-state index contributed by atoms with van der Waals surface area (Å²) in [5.41, 5.74) is 4.34. The van der Waals surface area contributed by atoms with Crippen molar-refractivity contribution >= 4 is 0 Å². The largest absolute Gasteiger partial charge is 0.492 e. The summed E-state index contributed by atoms with van der Waals surface area (Å²) in [6.07, 6.45) is 6.09. The summed E-state index contributed by atoms with van der Waals surface area (Å²) in [5.74, 6) is 2.32. The van der Waals surface area contributed by atoms with Gasteiger partial charge in [0.15, 0.2) is 11.7 Å². The van der Waals surface area contributed by atoms with Gasteiger partial charge in [0, 0.05) is 30.9 Å². The van der Waals surface area contributed by atoms with Gasteiger partial charge in [-0.1, -0.05) is 6.07 Å². The molecule has 0 bridgehead atoms. The number of ether oxygens (including phenoxy) is 1. The van der Waals surface area contributed by atoms with Crippen molar-refractivity contribution in [3.8, 4) is 22.8 Å². The molecule has 0 N–H and O–H groups in total. The summed E-state index contributed by atoms with van der Waals surface area (Å²) in [5, 5.41) is 4.25. The molecule has 154 valence electrons. The molecule has 6 heteroatoms. The van der Waals surface area contributed by atoms with E-state index < -0.39 is 0 Å². The van der Waals surface area contributed by atoms with Crippen LogP contribution in [0, 0.1) is 6.92 Å². The van der Waals surface area contributed by atoms with Crippen LogP contribution in [0.15, 0.2) is 71.5 Å². The highest BCUT2D eigenvalue weighted by atomic mass is 16.5. The SMILES string of the molecule is Cc1ccc(OCCN(C)C)cc1Cc1ncc(-c2ccc(-n3cccn3)cc2)o1. The van der Waals surface area contributed by atoms with Crippen LogP contribution < -0.4 is 4.74 Å². The summed E-state index contributed by atoms with van der Waals surface area (Å²) in [6.45, 7) is 3.63. The molecule has 2 heterocycles. The topological polar surface area (TPSA) is 56.3 Å². The Hall–Kier alpha value is -3.38. The van der Waals surface area contributed by atoms with Crippen molar-refractivity contribution in [2.75, 3.05) is 27.2 Å². The number of nitrogens with zero attached hydrogens (tertiary/aromatic N) is 4. The average molecular weight is 402 g/mol. The van der Waals surface area contributed by atoms with E-state index in [1.165, 1.54) is 5.56 Å². The molecule has 0 aliphatic rings. The highest BCUT2D eigenvalue weighted by molar-refractivity contribution is 5.58. The van der Waals surface area contributed by atoms with Crippen molar-refractivity contribution in [2.45, 2.75) is 13.3 Å². The molecule has 0 radical (unpaired) electrons. The first-order valence-corrected chi connectivity index (χ1v) is 10.0. The molecular weight excluding hydrogens is 376 g/mol. The molecule has 0 amide bonds. The molecule has 4 aromatic rings. The molecule has 30 heavy (non-hydrogen) atoms. The maximum Gasteiger partial charge on any atom is 0.199 e. The molecule has 0 saturated carbocycles. The fourth-order valence-corrected chi connectivity index (χ4v) is 3.16. The summed E-state index contributed by atoms with van der Waals surface area (Å²) < 4.78 is 13.7. The molecule has 0 aliphatic carbocycles. The van der Waals surface area contributed by atoms with Crippen molar-refractivity contribution in [3.05, 3.63) is 84.1 Å². The van der Waals surface area contributed by atoms with Crippen LogP contribution in [0.25, 0.3) is 17.0 Å². The van der Waals surface area contributed by atoms with Crippen molar-refractivity contribution < 1.29 is 9.15 Å². The summed E-state index contributed by atoms with van der Waals surface area (Å²) >= 11 is 0. The maximum atomic E-state index is 6.03. The van der Waals surface area contributed by atoms with Crippen LogP contribution in [-0.2, 0) is 6.42 Å². The highest BCUT2D eigenvalue weighted by Crippen LogP contribution is 2.25. The normalized spacial score (nSPS) is 11.2. The Kier molecular flexibility index (Phi) is 5.95. The molecule has 6 nitrogen and oxygen atoms in total. The monoisotopic (exact) mass is 402 g/mol. The number of aromatic nitrogens is 3. The van der Waals surface area contributed by atoms with E-state index in [1.54, 1.807) is 12.4 Å². The van der Waals surface area contributed by atoms with E-state index in [0.717, 1.165) is 34.9 Å². The Bertz CT molecular complexity index is 1080. The van der Waals surface area contributed by atoms with Crippen molar-refractivity contribution in [1.82, 2.24) is 19.7 Å².